The molecule has 0 aliphatic carbocycles. The van der Waals surface area contributed by atoms with Gasteiger partial charge in [0, 0.05) is 13.1 Å². The van der Waals surface area contributed by atoms with Crippen LogP contribution in [-0.2, 0) is 13.2 Å². The number of benzene rings is 1. The van der Waals surface area contributed by atoms with Crippen molar-refractivity contribution in [1.82, 2.24) is 25.2 Å². The maximum Gasteiger partial charge on any atom is 0.317 e. The number of para-hydroxylation sites is 1. The average molecular weight is 353 g/mol. The Hall–Kier alpha value is -3.29. The highest BCUT2D eigenvalue weighted by molar-refractivity contribution is 5.75. The summed E-state index contributed by atoms with van der Waals surface area (Å²) < 4.78 is 12.7. The van der Waals surface area contributed by atoms with Crippen LogP contribution in [0.4, 0.5) is 4.79 Å². The Bertz CT molecular complexity index is 841. The van der Waals surface area contributed by atoms with E-state index in [1.54, 1.807) is 21.9 Å². The van der Waals surface area contributed by atoms with E-state index in [1.165, 1.54) is 0 Å². The van der Waals surface area contributed by atoms with Gasteiger partial charge in [0.1, 0.15) is 23.8 Å². The first-order chi connectivity index (χ1) is 12.8. The van der Waals surface area contributed by atoms with Gasteiger partial charge in [-0.25, -0.2) is 9.48 Å². The predicted molar refractivity (Wildman–Crippen MR) is 92.3 cm³/mol. The zero-order valence-corrected chi connectivity index (χ0v) is 14.1. The minimum absolute atomic E-state index is 0.106. The lowest BCUT2D eigenvalue weighted by Crippen LogP contribution is -2.54. The summed E-state index contributed by atoms with van der Waals surface area (Å²) in [5.74, 6) is 1.53. The number of nitrogens with zero attached hydrogens (tertiary/aromatic N) is 4. The van der Waals surface area contributed by atoms with Gasteiger partial charge in [-0.15, -0.1) is 5.10 Å². The van der Waals surface area contributed by atoms with Crippen LogP contribution in [0.15, 0.2) is 59.3 Å². The van der Waals surface area contributed by atoms with E-state index in [1.807, 2.05) is 42.6 Å². The van der Waals surface area contributed by atoms with Gasteiger partial charge in [0.25, 0.3) is 0 Å². The third-order valence-corrected chi connectivity index (χ3v) is 4.21. The quantitative estimate of drug-likeness (QED) is 0.734. The fraction of sp³-hybridized carbons (Fsp3) is 0.278. The van der Waals surface area contributed by atoms with Crippen molar-refractivity contribution < 1.29 is 13.9 Å². The molecule has 3 aromatic rings. The summed E-state index contributed by atoms with van der Waals surface area (Å²) in [5.41, 5.74) is 0.759. The van der Waals surface area contributed by atoms with Crippen molar-refractivity contribution in [3.05, 3.63) is 66.4 Å². The van der Waals surface area contributed by atoms with Crippen LogP contribution in [0.5, 0.6) is 5.75 Å². The van der Waals surface area contributed by atoms with Gasteiger partial charge >= 0.3 is 6.03 Å². The van der Waals surface area contributed by atoms with E-state index in [2.05, 4.69) is 15.6 Å². The SMILES string of the molecule is O=C(NCc1ccco1)N1CC(n2cc(COc3ccccc3)nn2)C1. The van der Waals surface area contributed by atoms with E-state index in [-0.39, 0.29) is 12.1 Å². The Morgan fingerprint density at radius 1 is 1.23 bits per heavy atom. The Balaban J connectivity index is 1.23. The number of likely N-dealkylation sites (tertiary alicyclic amines) is 1. The fourth-order valence-electron chi connectivity index (χ4n) is 2.71. The first-order valence-corrected chi connectivity index (χ1v) is 8.41. The minimum atomic E-state index is -0.106. The van der Waals surface area contributed by atoms with Crippen molar-refractivity contribution in [2.45, 2.75) is 19.2 Å². The topological polar surface area (TPSA) is 85.4 Å². The number of aromatic nitrogens is 3. The zero-order valence-electron chi connectivity index (χ0n) is 14.1. The van der Waals surface area contributed by atoms with E-state index in [0.29, 0.717) is 26.2 Å². The van der Waals surface area contributed by atoms with Gasteiger partial charge in [0.2, 0.25) is 0 Å². The second-order valence-corrected chi connectivity index (χ2v) is 6.09. The molecule has 26 heavy (non-hydrogen) atoms. The molecule has 2 aromatic heterocycles. The summed E-state index contributed by atoms with van der Waals surface area (Å²) in [4.78, 5) is 13.8. The first-order valence-electron chi connectivity index (χ1n) is 8.41. The Morgan fingerprint density at radius 2 is 2.08 bits per heavy atom. The molecule has 8 nitrogen and oxygen atoms in total. The van der Waals surface area contributed by atoms with Gasteiger partial charge in [-0.1, -0.05) is 23.4 Å². The molecule has 2 amide bonds. The van der Waals surface area contributed by atoms with Crippen molar-refractivity contribution in [3.8, 4) is 5.75 Å². The number of rotatable bonds is 6. The van der Waals surface area contributed by atoms with Crippen LogP contribution in [0.2, 0.25) is 0 Å². The molecule has 1 aliphatic rings. The van der Waals surface area contributed by atoms with E-state index in [0.717, 1.165) is 17.2 Å². The Labute approximate surface area is 150 Å². The molecule has 1 fully saturated rings. The molecular formula is C18H19N5O3. The van der Waals surface area contributed by atoms with Crippen molar-refractivity contribution >= 4 is 6.03 Å². The van der Waals surface area contributed by atoms with E-state index < -0.39 is 0 Å². The van der Waals surface area contributed by atoms with Crippen LogP contribution in [0.1, 0.15) is 17.5 Å². The third kappa shape index (κ3) is 3.69. The van der Waals surface area contributed by atoms with Crippen LogP contribution in [0.3, 0.4) is 0 Å². The number of carbonyl (C=O) groups is 1. The number of hydrogen-bond acceptors (Lipinski definition) is 5. The van der Waals surface area contributed by atoms with Gasteiger partial charge in [0.15, 0.2) is 0 Å². The summed E-state index contributed by atoms with van der Waals surface area (Å²) in [5, 5.41) is 11.1. The average Bonchev–Trinajstić information content (AvgIpc) is 3.30. The van der Waals surface area contributed by atoms with Crippen molar-refractivity contribution in [1.29, 1.82) is 0 Å². The molecule has 1 N–H and O–H groups in total. The van der Waals surface area contributed by atoms with Crippen LogP contribution < -0.4 is 10.1 Å². The molecule has 0 atom stereocenters. The molecule has 3 heterocycles. The zero-order chi connectivity index (χ0) is 17.8. The molecule has 1 aliphatic heterocycles. The normalized spacial score (nSPS) is 14.1. The number of furan rings is 1. The van der Waals surface area contributed by atoms with Crippen molar-refractivity contribution in [3.63, 3.8) is 0 Å². The lowest BCUT2D eigenvalue weighted by atomic mass is 10.1. The maximum atomic E-state index is 12.1. The van der Waals surface area contributed by atoms with Gasteiger partial charge in [-0.3, -0.25) is 0 Å². The lowest BCUT2D eigenvalue weighted by molar-refractivity contribution is 0.116. The monoisotopic (exact) mass is 353 g/mol. The molecule has 0 radical (unpaired) electrons. The van der Waals surface area contributed by atoms with Gasteiger partial charge in [0.05, 0.1) is 25.0 Å². The highest BCUT2D eigenvalue weighted by atomic mass is 16.5. The second-order valence-electron chi connectivity index (χ2n) is 6.09. The maximum absolute atomic E-state index is 12.1. The fourth-order valence-corrected chi connectivity index (χ4v) is 2.71. The summed E-state index contributed by atoms with van der Waals surface area (Å²) in [6.07, 6.45) is 3.46. The molecule has 1 aromatic carbocycles. The van der Waals surface area contributed by atoms with Crippen LogP contribution in [0.25, 0.3) is 0 Å². The highest BCUT2D eigenvalue weighted by Crippen LogP contribution is 2.20. The molecular weight excluding hydrogens is 334 g/mol. The molecule has 8 heteroatoms. The molecule has 134 valence electrons. The van der Waals surface area contributed by atoms with Gasteiger partial charge in [-0.05, 0) is 24.3 Å². The van der Waals surface area contributed by atoms with Crippen LogP contribution >= 0.6 is 0 Å². The number of urea groups is 1. The van der Waals surface area contributed by atoms with Gasteiger partial charge in [-0.2, -0.15) is 0 Å². The van der Waals surface area contributed by atoms with Crippen LogP contribution in [0, 0.1) is 0 Å². The predicted octanol–water partition coefficient (Wildman–Crippen LogP) is 2.22. The van der Waals surface area contributed by atoms with E-state index in [4.69, 9.17) is 9.15 Å². The molecule has 0 spiro atoms. The lowest BCUT2D eigenvalue weighted by Gasteiger charge is -2.38. The van der Waals surface area contributed by atoms with Crippen LogP contribution in [-0.4, -0.2) is 39.0 Å². The molecule has 0 saturated carbocycles. The largest absolute Gasteiger partial charge is 0.487 e. The highest BCUT2D eigenvalue weighted by Gasteiger charge is 2.32. The second kappa shape index (κ2) is 7.30. The smallest absolute Gasteiger partial charge is 0.317 e. The third-order valence-electron chi connectivity index (χ3n) is 4.21. The summed E-state index contributed by atoms with van der Waals surface area (Å²) in [6.45, 7) is 1.96. The van der Waals surface area contributed by atoms with E-state index >= 15 is 0 Å². The number of hydrogen-bond donors (Lipinski definition) is 1. The standard InChI is InChI=1S/C18H19N5O3/c24-18(19-9-17-7-4-8-25-17)22-11-15(12-22)23-10-14(20-21-23)13-26-16-5-2-1-3-6-16/h1-8,10,15H,9,11-13H2,(H,19,24). The van der Waals surface area contributed by atoms with Gasteiger partial charge < -0.3 is 19.4 Å². The Kier molecular flexibility index (Phi) is 4.55. The molecule has 4 rings (SSSR count). The number of carbonyl (C=O) groups excluding carboxylic acids is 1. The first kappa shape index (κ1) is 16.2. The Morgan fingerprint density at radius 3 is 2.85 bits per heavy atom. The molecule has 0 bridgehead atoms. The summed E-state index contributed by atoms with van der Waals surface area (Å²) >= 11 is 0. The molecule has 1 saturated heterocycles. The van der Waals surface area contributed by atoms with Crippen molar-refractivity contribution in [2.24, 2.45) is 0 Å². The van der Waals surface area contributed by atoms with E-state index in [9.17, 15) is 4.79 Å². The summed E-state index contributed by atoms with van der Waals surface area (Å²) in [7, 11) is 0. The number of amides is 2. The minimum Gasteiger partial charge on any atom is -0.487 e. The number of ether oxygens (including phenoxy) is 1. The number of nitrogens with one attached hydrogen (secondary N) is 1. The molecule has 0 unspecified atom stereocenters. The summed E-state index contributed by atoms with van der Waals surface area (Å²) in [6, 6.07) is 13.2. The van der Waals surface area contributed by atoms with Crippen molar-refractivity contribution in [2.75, 3.05) is 13.1 Å².